The normalized spacial score (nSPS) is 11.6. The van der Waals surface area contributed by atoms with Crippen LogP contribution in [0.1, 0.15) is 20.3 Å². The van der Waals surface area contributed by atoms with E-state index in [1.165, 1.54) is 0 Å². The van der Waals surface area contributed by atoms with Gasteiger partial charge in [-0.2, -0.15) is 10.2 Å². The lowest BCUT2D eigenvalue weighted by molar-refractivity contribution is 0.487. The zero-order chi connectivity index (χ0) is 14.1. The van der Waals surface area contributed by atoms with E-state index in [0.717, 1.165) is 35.0 Å². The molecule has 2 heterocycles. The number of rotatable bonds is 4. The molecule has 5 nitrogen and oxygen atoms in total. The van der Waals surface area contributed by atoms with Gasteiger partial charge < -0.3 is 5.73 Å². The third-order valence-corrected chi connectivity index (χ3v) is 3.49. The summed E-state index contributed by atoms with van der Waals surface area (Å²) in [6.45, 7) is 5.40. The first kappa shape index (κ1) is 12.7. The molecule has 2 aromatic heterocycles. The van der Waals surface area contributed by atoms with Crippen LogP contribution in [0.4, 0.5) is 5.82 Å². The molecule has 0 aliphatic carbocycles. The number of nitrogen functional groups attached to an aromatic ring is 1. The van der Waals surface area contributed by atoms with E-state index >= 15 is 0 Å². The Balaban J connectivity index is 1.88. The molecule has 20 heavy (non-hydrogen) atoms. The number of benzene rings is 1. The summed E-state index contributed by atoms with van der Waals surface area (Å²) in [5.74, 6) is 1.22. The molecule has 3 N–H and O–H groups in total. The Kier molecular flexibility index (Phi) is 3.18. The molecule has 104 valence electrons. The van der Waals surface area contributed by atoms with Gasteiger partial charge >= 0.3 is 0 Å². The van der Waals surface area contributed by atoms with Gasteiger partial charge in [0.25, 0.3) is 0 Å². The quantitative estimate of drug-likeness (QED) is 0.764. The molecular formula is C15H19N5. The van der Waals surface area contributed by atoms with Crippen molar-refractivity contribution in [3.05, 3.63) is 30.6 Å². The van der Waals surface area contributed by atoms with E-state index < -0.39 is 0 Å². The van der Waals surface area contributed by atoms with Gasteiger partial charge in [-0.25, -0.2) is 0 Å². The number of aromatic nitrogens is 4. The number of hydrogen-bond acceptors (Lipinski definition) is 3. The van der Waals surface area contributed by atoms with Crippen LogP contribution in [-0.2, 0) is 6.54 Å². The largest absolute Gasteiger partial charge is 0.382 e. The number of aromatic amines is 1. The smallest absolute Gasteiger partial charge is 0.153 e. The van der Waals surface area contributed by atoms with Crippen molar-refractivity contribution in [2.75, 3.05) is 5.73 Å². The number of hydrogen-bond donors (Lipinski definition) is 2. The first-order valence-electron chi connectivity index (χ1n) is 6.90. The molecule has 0 atom stereocenters. The maximum Gasteiger partial charge on any atom is 0.153 e. The first-order valence-corrected chi connectivity index (χ1v) is 6.90. The second kappa shape index (κ2) is 5.00. The lowest BCUT2D eigenvalue weighted by Gasteiger charge is -2.03. The monoisotopic (exact) mass is 269 g/mol. The van der Waals surface area contributed by atoms with Gasteiger partial charge in [0.15, 0.2) is 5.82 Å². The average Bonchev–Trinajstić information content (AvgIpc) is 3.04. The molecule has 0 fully saturated rings. The molecule has 0 saturated carbocycles. The summed E-state index contributed by atoms with van der Waals surface area (Å²) >= 11 is 0. The van der Waals surface area contributed by atoms with E-state index in [0.29, 0.717) is 11.7 Å². The number of H-pyrrole nitrogens is 1. The summed E-state index contributed by atoms with van der Waals surface area (Å²) in [7, 11) is 0. The molecule has 0 aliphatic rings. The number of nitrogens with two attached hydrogens (primary N) is 1. The van der Waals surface area contributed by atoms with Crippen molar-refractivity contribution >= 4 is 16.7 Å². The third-order valence-electron chi connectivity index (χ3n) is 3.49. The van der Waals surface area contributed by atoms with Crippen molar-refractivity contribution in [2.45, 2.75) is 26.8 Å². The van der Waals surface area contributed by atoms with Crippen molar-refractivity contribution in [1.29, 1.82) is 0 Å². The van der Waals surface area contributed by atoms with Crippen LogP contribution in [0, 0.1) is 5.92 Å². The second-order valence-electron chi connectivity index (χ2n) is 5.54. The van der Waals surface area contributed by atoms with Crippen LogP contribution in [0.2, 0.25) is 0 Å². The predicted octanol–water partition coefficient (Wildman–Crippen LogP) is 3.05. The van der Waals surface area contributed by atoms with Crippen molar-refractivity contribution < 1.29 is 0 Å². The number of nitrogens with one attached hydrogen (secondary N) is 1. The molecule has 3 aromatic rings. The lowest BCUT2D eigenvalue weighted by Crippen LogP contribution is -2.01. The van der Waals surface area contributed by atoms with E-state index in [2.05, 4.69) is 47.5 Å². The average molecular weight is 269 g/mol. The minimum Gasteiger partial charge on any atom is -0.382 e. The van der Waals surface area contributed by atoms with Crippen LogP contribution in [-0.4, -0.2) is 20.0 Å². The van der Waals surface area contributed by atoms with E-state index in [-0.39, 0.29) is 0 Å². The molecule has 0 spiro atoms. The van der Waals surface area contributed by atoms with Crippen LogP contribution in [0.3, 0.4) is 0 Å². The Morgan fingerprint density at radius 3 is 2.95 bits per heavy atom. The molecule has 0 amide bonds. The highest BCUT2D eigenvalue weighted by molar-refractivity contribution is 5.92. The minimum atomic E-state index is 0.536. The minimum absolute atomic E-state index is 0.536. The van der Waals surface area contributed by atoms with Crippen molar-refractivity contribution in [2.24, 2.45) is 5.92 Å². The van der Waals surface area contributed by atoms with Gasteiger partial charge in [0.1, 0.15) is 0 Å². The zero-order valence-electron chi connectivity index (χ0n) is 11.8. The Hall–Kier alpha value is -2.30. The zero-order valence-corrected chi connectivity index (χ0v) is 11.8. The standard InChI is InChI=1S/C15H19N5/c1-10(2)5-6-20-9-12(8-17-20)11-3-4-14-13(7-11)15(16)19-18-14/h3-4,7-10H,5-6H2,1-2H3,(H3,16,18,19). The number of anilines is 1. The fraction of sp³-hybridized carbons (Fsp3) is 0.333. The first-order chi connectivity index (χ1) is 9.63. The fourth-order valence-electron chi connectivity index (χ4n) is 2.24. The van der Waals surface area contributed by atoms with Crippen molar-refractivity contribution in [3.63, 3.8) is 0 Å². The Morgan fingerprint density at radius 2 is 2.15 bits per heavy atom. The topological polar surface area (TPSA) is 72.5 Å². The maximum absolute atomic E-state index is 5.85. The van der Waals surface area contributed by atoms with Gasteiger partial charge in [-0.1, -0.05) is 19.9 Å². The van der Waals surface area contributed by atoms with E-state index in [4.69, 9.17) is 5.73 Å². The highest BCUT2D eigenvalue weighted by Crippen LogP contribution is 2.26. The third kappa shape index (κ3) is 2.39. The molecular weight excluding hydrogens is 250 g/mol. The molecule has 5 heteroatoms. The van der Waals surface area contributed by atoms with E-state index in [9.17, 15) is 0 Å². The van der Waals surface area contributed by atoms with Crippen LogP contribution in [0.5, 0.6) is 0 Å². The number of nitrogens with zero attached hydrogens (tertiary/aromatic N) is 3. The highest BCUT2D eigenvalue weighted by atomic mass is 15.3. The summed E-state index contributed by atoms with van der Waals surface area (Å²) in [5, 5.41) is 12.3. The molecule has 3 rings (SSSR count). The number of aryl methyl sites for hydroxylation is 1. The van der Waals surface area contributed by atoms with Gasteiger partial charge in [-0.15, -0.1) is 0 Å². The van der Waals surface area contributed by atoms with Gasteiger partial charge in [0, 0.05) is 23.7 Å². The summed E-state index contributed by atoms with van der Waals surface area (Å²) in [6, 6.07) is 6.11. The van der Waals surface area contributed by atoms with Crippen molar-refractivity contribution in [3.8, 4) is 11.1 Å². The van der Waals surface area contributed by atoms with Gasteiger partial charge in [-0.3, -0.25) is 9.78 Å². The summed E-state index contributed by atoms with van der Waals surface area (Å²) in [6.07, 6.45) is 5.12. The SMILES string of the molecule is CC(C)CCn1cc(-c2ccc3[nH]nc(N)c3c2)cn1. The number of fused-ring (bicyclic) bond motifs is 1. The summed E-state index contributed by atoms with van der Waals surface area (Å²) < 4.78 is 2.00. The predicted molar refractivity (Wildman–Crippen MR) is 81.2 cm³/mol. The van der Waals surface area contributed by atoms with Crippen LogP contribution in [0.15, 0.2) is 30.6 Å². The Bertz CT molecular complexity index is 723. The molecule has 1 aromatic carbocycles. The van der Waals surface area contributed by atoms with Gasteiger partial charge in [-0.05, 0) is 30.0 Å². The van der Waals surface area contributed by atoms with Gasteiger partial charge in [0.05, 0.1) is 11.7 Å². The Labute approximate surface area is 117 Å². The maximum atomic E-state index is 5.85. The van der Waals surface area contributed by atoms with Gasteiger partial charge in [0.2, 0.25) is 0 Å². The van der Waals surface area contributed by atoms with Crippen LogP contribution < -0.4 is 5.73 Å². The van der Waals surface area contributed by atoms with E-state index in [1.807, 2.05) is 16.9 Å². The second-order valence-corrected chi connectivity index (χ2v) is 5.54. The van der Waals surface area contributed by atoms with Crippen LogP contribution >= 0.6 is 0 Å². The van der Waals surface area contributed by atoms with Crippen LogP contribution in [0.25, 0.3) is 22.0 Å². The summed E-state index contributed by atoms with van der Waals surface area (Å²) in [5.41, 5.74) is 9.02. The molecule has 0 radical (unpaired) electrons. The van der Waals surface area contributed by atoms with Crippen molar-refractivity contribution in [1.82, 2.24) is 20.0 Å². The summed E-state index contributed by atoms with van der Waals surface area (Å²) in [4.78, 5) is 0. The molecule has 0 bridgehead atoms. The molecule has 0 aliphatic heterocycles. The lowest BCUT2D eigenvalue weighted by atomic mass is 10.1. The molecule has 0 unspecified atom stereocenters. The van der Waals surface area contributed by atoms with E-state index in [1.54, 1.807) is 0 Å². The fourth-order valence-corrected chi connectivity index (χ4v) is 2.24. The molecule has 0 saturated heterocycles. The Morgan fingerprint density at radius 1 is 1.30 bits per heavy atom. The highest BCUT2D eigenvalue weighted by Gasteiger charge is 2.07.